The summed E-state index contributed by atoms with van der Waals surface area (Å²) in [5.74, 6) is 0.924. The topological polar surface area (TPSA) is 16.4 Å². The predicted molar refractivity (Wildman–Crippen MR) is 257 cm³/mol. The van der Waals surface area contributed by atoms with Crippen molar-refractivity contribution in [1.82, 2.24) is 0 Å². The molecule has 0 saturated heterocycles. The number of para-hydroxylation sites is 2. The number of rotatable bonds is 1. The summed E-state index contributed by atoms with van der Waals surface area (Å²) >= 11 is 0. The zero-order chi connectivity index (χ0) is 38.8. The first kappa shape index (κ1) is 31.4. The largest absolute Gasteiger partial charge is 0.440 e. The third kappa shape index (κ3) is 3.71. The Hall–Kier alpha value is -7.55. The van der Waals surface area contributed by atoms with Crippen LogP contribution in [0, 0.1) is 0 Å². The van der Waals surface area contributed by atoms with Crippen LogP contribution in [0.2, 0.25) is 0 Å². The summed E-state index contributed by atoms with van der Waals surface area (Å²) < 4.78 is 7.27. The highest BCUT2D eigenvalue weighted by molar-refractivity contribution is 7.05. The molecule has 4 heteroatoms. The van der Waals surface area contributed by atoms with Gasteiger partial charge in [-0.1, -0.05) is 187 Å². The van der Waals surface area contributed by atoms with Crippen LogP contribution in [0.1, 0.15) is 0 Å². The number of fused-ring (bicyclic) bond motifs is 23. The van der Waals surface area contributed by atoms with Crippen molar-refractivity contribution >= 4 is 139 Å². The molecule has 15 rings (SSSR count). The summed E-state index contributed by atoms with van der Waals surface area (Å²) in [6.07, 6.45) is 0. The van der Waals surface area contributed by atoms with Gasteiger partial charge < -0.3 is 4.42 Å². The molecule has 0 amide bonds. The fourth-order valence-electron chi connectivity index (χ4n) is 12.1. The summed E-state index contributed by atoms with van der Waals surface area (Å²) in [6, 6.07) is 70.4. The molecule has 0 bridgehead atoms. The second-order valence-corrected chi connectivity index (χ2v) is 17.0. The summed E-state index contributed by atoms with van der Waals surface area (Å²) in [4.78, 5) is 2.57. The smallest absolute Gasteiger partial charge is 0.251 e. The van der Waals surface area contributed by atoms with Crippen molar-refractivity contribution in [2.24, 2.45) is 0 Å². The van der Waals surface area contributed by atoms with Gasteiger partial charge >= 0.3 is 0 Å². The Labute approximate surface area is 346 Å². The van der Waals surface area contributed by atoms with Gasteiger partial charge in [0.25, 0.3) is 6.71 Å². The number of hydrogen-bond donors (Lipinski definition) is 0. The van der Waals surface area contributed by atoms with Gasteiger partial charge in [0.1, 0.15) is 5.58 Å². The van der Waals surface area contributed by atoms with Crippen LogP contribution >= 0.6 is 0 Å². The van der Waals surface area contributed by atoms with E-state index in [9.17, 15) is 0 Å². The summed E-state index contributed by atoms with van der Waals surface area (Å²) in [5.41, 5.74) is 14.0. The standard InChI is InChI=1S/C56H31B2NO/c1-2-15-32(16-3-1)57-46-26-14-27-47-54(46)59(56-53(57)42-25-12-13-28-48(42)60-56)55-50-40-24-11-9-20-36(40)34-18-5-7-22-38(34)43(50)31-44-51-45(58(47)52(44)55)30-29-41-37-21-6-4-17-33(37)35-19-8-10-23-39(35)49(41)51/h1-31H. The van der Waals surface area contributed by atoms with Crippen LogP contribution in [-0.2, 0) is 0 Å². The molecule has 272 valence electrons. The first-order chi connectivity index (χ1) is 29.8. The van der Waals surface area contributed by atoms with Crippen molar-refractivity contribution in [1.29, 1.82) is 0 Å². The van der Waals surface area contributed by atoms with Crippen LogP contribution < -0.4 is 37.7 Å². The van der Waals surface area contributed by atoms with E-state index in [4.69, 9.17) is 4.42 Å². The van der Waals surface area contributed by atoms with E-state index >= 15 is 0 Å². The Bertz CT molecular complexity index is 3890. The SMILES string of the molecule is c1ccc(B2c3cccc4c3N(c3oc5ccccc5c32)c2c3c(cc5c6ccccc6c6ccccc6c25)-c2c(ccc5c6ccccc6c6ccccc6c25)B43)cc1. The molecule has 0 atom stereocenters. The lowest BCUT2D eigenvalue weighted by Crippen LogP contribution is -2.63. The van der Waals surface area contributed by atoms with Gasteiger partial charge in [-0.15, -0.1) is 0 Å². The van der Waals surface area contributed by atoms with Crippen molar-refractivity contribution < 1.29 is 4.42 Å². The third-order valence-electron chi connectivity index (χ3n) is 14.3. The zero-order valence-corrected chi connectivity index (χ0v) is 32.4. The minimum absolute atomic E-state index is 0.00240. The van der Waals surface area contributed by atoms with Gasteiger partial charge in [0.05, 0.1) is 5.69 Å². The van der Waals surface area contributed by atoms with E-state index in [-0.39, 0.29) is 13.4 Å². The average molecular weight is 755 g/mol. The maximum absolute atomic E-state index is 7.27. The Morgan fingerprint density at radius 2 is 0.867 bits per heavy atom. The number of nitrogens with zero attached hydrogens (tertiary/aromatic N) is 1. The normalized spacial score (nSPS) is 13.6. The molecule has 0 radical (unpaired) electrons. The van der Waals surface area contributed by atoms with Crippen LogP contribution in [0.4, 0.5) is 17.3 Å². The Balaban J connectivity index is 1.21. The first-order valence-corrected chi connectivity index (χ1v) is 21.1. The van der Waals surface area contributed by atoms with Gasteiger partial charge in [-0.25, -0.2) is 0 Å². The molecule has 3 aliphatic heterocycles. The maximum Gasteiger partial charge on any atom is 0.251 e. The van der Waals surface area contributed by atoms with Crippen LogP contribution in [0.5, 0.6) is 0 Å². The van der Waals surface area contributed by atoms with Crippen molar-refractivity contribution in [3.05, 3.63) is 188 Å². The molecule has 60 heavy (non-hydrogen) atoms. The lowest BCUT2D eigenvalue weighted by Gasteiger charge is -2.41. The molecule has 3 aliphatic rings. The lowest BCUT2D eigenvalue weighted by atomic mass is 9.31. The van der Waals surface area contributed by atoms with E-state index in [0.29, 0.717) is 0 Å². The highest BCUT2D eigenvalue weighted by Crippen LogP contribution is 2.51. The van der Waals surface area contributed by atoms with E-state index in [1.165, 1.54) is 125 Å². The van der Waals surface area contributed by atoms with Crippen molar-refractivity contribution in [3.8, 4) is 11.1 Å². The van der Waals surface area contributed by atoms with Crippen molar-refractivity contribution in [3.63, 3.8) is 0 Å². The zero-order valence-electron chi connectivity index (χ0n) is 32.4. The van der Waals surface area contributed by atoms with Crippen molar-refractivity contribution in [2.75, 3.05) is 4.90 Å². The van der Waals surface area contributed by atoms with Crippen LogP contribution in [-0.4, -0.2) is 13.4 Å². The molecule has 0 fully saturated rings. The molecule has 4 heterocycles. The molecule has 12 aromatic rings. The number of benzene rings is 11. The maximum atomic E-state index is 7.27. The van der Waals surface area contributed by atoms with Gasteiger partial charge in [0.15, 0.2) is 0 Å². The van der Waals surface area contributed by atoms with E-state index < -0.39 is 0 Å². The Kier molecular flexibility index (Phi) is 5.83. The highest BCUT2D eigenvalue weighted by Gasteiger charge is 2.50. The molecule has 0 aliphatic carbocycles. The molecule has 1 aromatic heterocycles. The van der Waals surface area contributed by atoms with Gasteiger partial charge in [-0.3, -0.25) is 4.90 Å². The van der Waals surface area contributed by atoms with Crippen LogP contribution in [0.3, 0.4) is 0 Å². The van der Waals surface area contributed by atoms with E-state index in [1.807, 2.05) is 0 Å². The van der Waals surface area contributed by atoms with Crippen LogP contribution in [0.15, 0.2) is 192 Å². The number of anilines is 3. The first-order valence-electron chi connectivity index (χ1n) is 21.1. The van der Waals surface area contributed by atoms with Gasteiger partial charge in [0, 0.05) is 21.9 Å². The van der Waals surface area contributed by atoms with E-state index in [1.54, 1.807) is 0 Å². The average Bonchev–Trinajstić information content (AvgIpc) is 3.87. The fourth-order valence-corrected chi connectivity index (χ4v) is 12.1. The van der Waals surface area contributed by atoms with Crippen molar-refractivity contribution in [2.45, 2.75) is 0 Å². The predicted octanol–water partition coefficient (Wildman–Crippen LogP) is 10.5. The minimum atomic E-state index is -0.00240. The Morgan fingerprint density at radius 1 is 0.350 bits per heavy atom. The van der Waals surface area contributed by atoms with Crippen LogP contribution in [0.25, 0.3) is 86.7 Å². The molecular weight excluding hydrogens is 724 g/mol. The van der Waals surface area contributed by atoms with E-state index in [0.717, 1.165) is 11.5 Å². The third-order valence-corrected chi connectivity index (χ3v) is 14.3. The fraction of sp³-hybridized carbons (Fsp3) is 0. The second-order valence-electron chi connectivity index (χ2n) is 17.0. The number of hydrogen-bond acceptors (Lipinski definition) is 2. The van der Waals surface area contributed by atoms with Gasteiger partial charge in [0.2, 0.25) is 12.6 Å². The summed E-state index contributed by atoms with van der Waals surface area (Å²) in [7, 11) is 0. The van der Waals surface area contributed by atoms with E-state index in [2.05, 4.69) is 193 Å². The molecule has 11 aromatic carbocycles. The molecule has 0 saturated carbocycles. The molecular formula is C56H31B2NO. The monoisotopic (exact) mass is 755 g/mol. The van der Waals surface area contributed by atoms with Gasteiger partial charge in [-0.2, -0.15) is 0 Å². The van der Waals surface area contributed by atoms with Gasteiger partial charge in [-0.05, 0) is 98.9 Å². The molecule has 2 nitrogen and oxygen atoms in total. The minimum Gasteiger partial charge on any atom is -0.440 e. The highest BCUT2D eigenvalue weighted by atomic mass is 16.4. The Morgan fingerprint density at radius 3 is 1.53 bits per heavy atom. The number of furan rings is 1. The summed E-state index contributed by atoms with van der Waals surface area (Å²) in [6.45, 7) is 0.0280. The molecule has 0 N–H and O–H groups in total. The quantitative estimate of drug-likeness (QED) is 0.123. The lowest BCUT2D eigenvalue weighted by molar-refractivity contribution is 0.623. The summed E-state index contributed by atoms with van der Waals surface area (Å²) in [5, 5.41) is 16.7. The second kappa shape index (κ2) is 11.1. The molecule has 0 unspecified atom stereocenters. The molecule has 0 spiro atoms.